The highest BCUT2D eigenvalue weighted by Gasteiger charge is 2.18. The van der Waals surface area contributed by atoms with Crippen LogP contribution in [0.4, 0.5) is 5.69 Å². The van der Waals surface area contributed by atoms with Gasteiger partial charge < -0.3 is 21.1 Å². The molecule has 0 aliphatic heterocycles. The van der Waals surface area contributed by atoms with Crippen LogP contribution in [0, 0.1) is 0 Å². The lowest BCUT2D eigenvalue weighted by Gasteiger charge is -2.18. The zero-order valence-corrected chi connectivity index (χ0v) is 11.3. The fraction of sp³-hybridized carbons (Fsp3) is 0.385. The number of hydrogen-bond acceptors (Lipinski definition) is 4. The van der Waals surface area contributed by atoms with Gasteiger partial charge in [0, 0.05) is 18.8 Å². The number of aromatic hydroxyl groups is 1. The van der Waals surface area contributed by atoms with E-state index in [1.165, 1.54) is 30.1 Å². The predicted octanol–water partition coefficient (Wildman–Crippen LogP) is 0.571. The molecular formula is C13H19N3O3. The highest BCUT2D eigenvalue weighted by molar-refractivity contribution is 6.00. The van der Waals surface area contributed by atoms with Crippen LogP contribution in [0.2, 0.25) is 0 Å². The highest BCUT2D eigenvalue weighted by atomic mass is 16.3. The van der Waals surface area contributed by atoms with Crippen LogP contribution in [0.15, 0.2) is 18.2 Å². The Bertz CT molecular complexity index is 486. The minimum absolute atomic E-state index is 0.0156. The van der Waals surface area contributed by atoms with Gasteiger partial charge in [-0.1, -0.05) is 0 Å². The molecule has 0 unspecified atom stereocenters. The van der Waals surface area contributed by atoms with Gasteiger partial charge in [0.05, 0.1) is 12.1 Å². The first kappa shape index (κ1) is 14.8. The molecule has 104 valence electrons. The second-order valence-electron chi connectivity index (χ2n) is 4.65. The van der Waals surface area contributed by atoms with Gasteiger partial charge in [-0.05, 0) is 32.0 Å². The number of amides is 2. The maximum Gasteiger partial charge on any atom is 0.256 e. The molecule has 1 aromatic rings. The Kier molecular flexibility index (Phi) is 4.74. The number of likely N-dealkylation sites (N-methyl/N-ethyl adjacent to an activating group) is 1. The number of benzene rings is 1. The van der Waals surface area contributed by atoms with Gasteiger partial charge in [0.2, 0.25) is 5.91 Å². The topological polar surface area (TPSA) is 95.7 Å². The molecule has 0 atom stereocenters. The van der Waals surface area contributed by atoms with E-state index in [2.05, 4.69) is 5.32 Å². The molecule has 0 bridgehead atoms. The smallest absolute Gasteiger partial charge is 0.256 e. The van der Waals surface area contributed by atoms with Gasteiger partial charge in [-0.25, -0.2) is 0 Å². The highest BCUT2D eigenvalue weighted by Crippen LogP contribution is 2.19. The fourth-order valence-corrected chi connectivity index (χ4v) is 1.59. The van der Waals surface area contributed by atoms with Crippen molar-refractivity contribution < 1.29 is 14.7 Å². The number of rotatable bonds is 4. The number of hydrogen-bond donors (Lipinski definition) is 3. The molecule has 0 heterocycles. The lowest BCUT2D eigenvalue weighted by molar-refractivity contribution is -0.122. The van der Waals surface area contributed by atoms with Gasteiger partial charge in [0.1, 0.15) is 5.75 Å². The molecule has 6 nitrogen and oxygen atoms in total. The van der Waals surface area contributed by atoms with Crippen molar-refractivity contribution in [3.05, 3.63) is 23.8 Å². The van der Waals surface area contributed by atoms with Crippen molar-refractivity contribution in [1.82, 2.24) is 10.2 Å². The zero-order chi connectivity index (χ0) is 14.6. The number of anilines is 1. The molecule has 1 aromatic carbocycles. The van der Waals surface area contributed by atoms with Gasteiger partial charge in [-0.15, -0.1) is 0 Å². The first-order valence-corrected chi connectivity index (χ1v) is 5.94. The van der Waals surface area contributed by atoms with Crippen LogP contribution in [0.5, 0.6) is 5.75 Å². The van der Waals surface area contributed by atoms with Crippen molar-refractivity contribution >= 4 is 17.5 Å². The van der Waals surface area contributed by atoms with Gasteiger partial charge in [0.25, 0.3) is 5.91 Å². The summed E-state index contributed by atoms with van der Waals surface area (Å²) in [5, 5.41) is 12.1. The van der Waals surface area contributed by atoms with E-state index in [-0.39, 0.29) is 35.5 Å². The van der Waals surface area contributed by atoms with Crippen molar-refractivity contribution in [3.8, 4) is 5.75 Å². The van der Waals surface area contributed by atoms with Gasteiger partial charge in [-0.2, -0.15) is 0 Å². The van der Waals surface area contributed by atoms with Crippen LogP contribution in [0.25, 0.3) is 0 Å². The summed E-state index contributed by atoms with van der Waals surface area (Å²) in [7, 11) is 1.51. The maximum atomic E-state index is 12.1. The quantitative estimate of drug-likeness (QED) is 0.548. The third kappa shape index (κ3) is 4.17. The van der Waals surface area contributed by atoms with Crippen molar-refractivity contribution in [2.75, 3.05) is 19.3 Å². The molecule has 0 aliphatic rings. The fourth-order valence-electron chi connectivity index (χ4n) is 1.59. The first-order chi connectivity index (χ1) is 8.81. The SMILES string of the molecule is CC(C)NC(=O)CN(C)C(=O)c1cc(O)ccc1N. The number of nitrogens with two attached hydrogens (primary N) is 1. The standard InChI is InChI=1S/C13H19N3O3/c1-8(2)15-12(18)7-16(3)13(19)10-6-9(17)4-5-11(10)14/h4-6,8,17H,7,14H2,1-3H3,(H,15,18). The van der Waals surface area contributed by atoms with Gasteiger partial charge in [-0.3, -0.25) is 9.59 Å². The van der Waals surface area contributed by atoms with E-state index >= 15 is 0 Å². The number of carbonyl (C=O) groups is 2. The third-order valence-corrected chi connectivity index (χ3v) is 2.44. The van der Waals surface area contributed by atoms with E-state index in [0.29, 0.717) is 0 Å². The number of phenols is 1. The van der Waals surface area contributed by atoms with Gasteiger partial charge in [0.15, 0.2) is 0 Å². The molecular weight excluding hydrogens is 246 g/mol. The van der Waals surface area contributed by atoms with E-state index in [9.17, 15) is 14.7 Å². The predicted molar refractivity (Wildman–Crippen MR) is 72.8 cm³/mol. The number of carbonyl (C=O) groups excluding carboxylic acids is 2. The summed E-state index contributed by atoms with van der Waals surface area (Å²) < 4.78 is 0. The molecule has 0 aromatic heterocycles. The van der Waals surface area contributed by atoms with Crippen molar-refractivity contribution in [1.29, 1.82) is 0 Å². The molecule has 0 saturated carbocycles. The third-order valence-electron chi connectivity index (χ3n) is 2.44. The average Bonchev–Trinajstić information content (AvgIpc) is 2.30. The summed E-state index contributed by atoms with van der Waals surface area (Å²) in [5.74, 6) is -0.700. The minimum Gasteiger partial charge on any atom is -0.508 e. The van der Waals surface area contributed by atoms with Crippen LogP contribution in [0.1, 0.15) is 24.2 Å². The van der Waals surface area contributed by atoms with E-state index in [1.54, 1.807) is 0 Å². The second kappa shape index (κ2) is 6.08. The van der Waals surface area contributed by atoms with Crippen LogP contribution in [-0.4, -0.2) is 41.5 Å². The molecule has 0 saturated heterocycles. The molecule has 0 spiro atoms. The van der Waals surface area contributed by atoms with Gasteiger partial charge >= 0.3 is 0 Å². The number of nitrogens with one attached hydrogen (secondary N) is 1. The van der Waals surface area contributed by atoms with E-state index < -0.39 is 5.91 Å². The lowest BCUT2D eigenvalue weighted by Crippen LogP contribution is -2.41. The molecule has 0 fully saturated rings. The van der Waals surface area contributed by atoms with Crippen LogP contribution < -0.4 is 11.1 Å². The van der Waals surface area contributed by atoms with E-state index in [4.69, 9.17) is 5.73 Å². The molecule has 0 radical (unpaired) electrons. The van der Waals surface area contributed by atoms with Crippen molar-refractivity contribution in [2.24, 2.45) is 0 Å². The maximum absolute atomic E-state index is 12.1. The second-order valence-corrected chi connectivity index (χ2v) is 4.65. The number of phenolic OH excluding ortho intramolecular Hbond substituents is 1. The molecule has 2 amide bonds. The Morgan fingerprint density at radius 2 is 2.05 bits per heavy atom. The summed E-state index contributed by atoms with van der Waals surface area (Å²) in [6.45, 7) is 3.62. The summed E-state index contributed by atoms with van der Waals surface area (Å²) in [6.07, 6.45) is 0. The van der Waals surface area contributed by atoms with Crippen molar-refractivity contribution in [3.63, 3.8) is 0 Å². The Labute approximate surface area is 112 Å². The van der Waals surface area contributed by atoms with Crippen molar-refractivity contribution in [2.45, 2.75) is 19.9 Å². The zero-order valence-electron chi connectivity index (χ0n) is 11.3. The van der Waals surface area contributed by atoms with E-state index in [0.717, 1.165) is 0 Å². The summed E-state index contributed by atoms with van der Waals surface area (Å²) >= 11 is 0. The average molecular weight is 265 g/mol. The Morgan fingerprint density at radius 3 is 2.63 bits per heavy atom. The first-order valence-electron chi connectivity index (χ1n) is 5.94. The summed E-state index contributed by atoms with van der Waals surface area (Å²) in [5.41, 5.74) is 6.12. The summed E-state index contributed by atoms with van der Waals surface area (Å²) in [4.78, 5) is 24.9. The molecule has 1 rings (SSSR count). The molecule has 19 heavy (non-hydrogen) atoms. The Balaban J connectivity index is 2.77. The molecule has 4 N–H and O–H groups in total. The Morgan fingerprint density at radius 1 is 1.42 bits per heavy atom. The van der Waals surface area contributed by atoms with Crippen LogP contribution >= 0.6 is 0 Å². The van der Waals surface area contributed by atoms with Crippen LogP contribution in [-0.2, 0) is 4.79 Å². The summed E-state index contributed by atoms with van der Waals surface area (Å²) in [6, 6.07) is 4.15. The normalized spacial score (nSPS) is 10.3. The number of nitrogen functional groups attached to an aromatic ring is 1. The lowest BCUT2D eigenvalue weighted by atomic mass is 10.1. The minimum atomic E-state index is -0.410. The number of nitrogens with zero attached hydrogens (tertiary/aromatic N) is 1. The molecule has 6 heteroatoms. The monoisotopic (exact) mass is 265 g/mol. The Hall–Kier alpha value is -2.24. The largest absolute Gasteiger partial charge is 0.508 e. The van der Waals surface area contributed by atoms with E-state index in [1.807, 2.05) is 13.8 Å². The molecule has 0 aliphatic carbocycles. The van der Waals surface area contributed by atoms with Crippen LogP contribution in [0.3, 0.4) is 0 Å².